The van der Waals surface area contributed by atoms with E-state index in [1.165, 1.54) is 11.1 Å². The van der Waals surface area contributed by atoms with Crippen molar-refractivity contribution in [3.05, 3.63) is 217 Å². The summed E-state index contributed by atoms with van der Waals surface area (Å²) in [6, 6.07) is 62.6. The van der Waals surface area contributed by atoms with E-state index in [0.29, 0.717) is 23.0 Å². The summed E-state index contributed by atoms with van der Waals surface area (Å²) in [5, 5.41) is 9.79. The van der Waals surface area contributed by atoms with Crippen LogP contribution in [0, 0.1) is 11.3 Å². The summed E-state index contributed by atoms with van der Waals surface area (Å²) in [5.41, 5.74) is 17.3. The van der Waals surface area contributed by atoms with Gasteiger partial charge in [-0.05, 0) is 128 Å². The second kappa shape index (κ2) is 16.2. The summed E-state index contributed by atoms with van der Waals surface area (Å²) in [6.45, 7) is 4.52. The van der Waals surface area contributed by atoms with Crippen molar-refractivity contribution in [2.24, 2.45) is 0 Å². The van der Waals surface area contributed by atoms with Gasteiger partial charge in [-0.3, -0.25) is 9.97 Å². The van der Waals surface area contributed by atoms with Crippen LogP contribution in [0.25, 0.3) is 101 Å². The van der Waals surface area contributed by atoms with Gasteiger partial charge in [-0.2, -0.15) is 5.26 Å². The maximum atomic E-state index is 9.79. The Balaban J connectivity index is 1.13. The van der Waals surface area contributed by atoms with Crippen molar-refractivity contribution in [3.8, 4) is 107 Å². The number of aromatic nitrogens is 6. The molecule has 306 valence electrons. The highest BCUT2D eigenvalue weighted by atomic mass is 15.0. The Kier molecular flexibility index (Phi) is 9.75. The van der Waals surface area contributed by atoms with Crippen LogP contribution in [0.15, 0.2) is 201 Å². The number of nitriles is 1. The Bertz CT molecular complexity index is 3380. The quantitative estimate of drug-likeness (QED) is 0.150. The van der Waals surface area contributed by atoms with Gasteiger partial charge in [0, 0.05) is 58.0 Å². The number of fused-ring (bicyclic) bond motifs is 3. The minimum atomic E-state index is -0.277. The second-order valence-electron chi connectivity index (χ2n) is 16.8. The monoisotopic (exact) mass is 833 g/mol. The Morgan fingerprint density at radius 1 is 0.369 bits per heavy atom. The van der Waals surface area contributed by atoms with Gasteiger partial charge in [0.1, 0.15) is 0 Å². The number of pyridine rings is 3. The third-order valence-corrected chi connectivity index (χ3v) is 12.3. The van der Waals surface area contributed by atoms with Gasteiger partial charge in [-0.1, -0.05) is 117 Å². The van der Waals surface area contributed by atoms with Crippen LogP contribution in [0.4, 0.5) is 0 Å². The first-order valence-corrected chi connectivity index (χ1v) is 21.5. The van der Waals surface area contributed by atoms with Crippen LogP contribution in [-0.4, -0.2) is 29.9 Å². The number of hydrogen-bond donors (Lipinski definition) is 0. The summed E-state index contributed by atoms with van der Waals surface area (Å²) in [7, 11) is 0. The average molecular weight is 834 g/mol. The molecule has 1 aliphatic carbocycles. The van der Waals surface area contributed by atoms with Crippen LogP contribution in [0.5, 0.6) is 0 Å². The lowest BCUT2D eigenvalue weighted by Crippen LogP contribution is -2.15. The number of benzene rings is 6. The molecule has 0 fully saturated rings. The molecule has 7 nitrogen and oxygen atoms in total. The van der Waals surface area contributed by atoms with Gasteiger partial charge >= 0.3 is 0 Å². The normalized spacial score (nSPS) is 12.3. The zero-order chi connectivity index (χ0) is 43.9. The van der Waals surface area contributed by atoms with Crippen LogP contribution in [0.1, 0.15) is 30.5 Å². The van der Waals surface area contributed by atoms with Crippen molar-refractivity contribution in [1.29, 1.82) is 5.26 Å². The van der Waals surface area contributed by atoms with Crippen LogP contribution in [0.2, 0.25) is 0 Å². The molecule has 0 saturated carbocycles. The van der Waals surface area contributed by atoms with Crippen molar-refractivity contribution in [1.82, 2.24) is 29.9 Å². The van der Waals surface area contributed by atoms with E-state index in [-0.39, 0.29) is 5.41 Å². The number of rotatable bonds is 8. The van der Waals surface area contributed by atoms with Gasteiger partial charge < -0.3 is 0 Å². The average Bonchev–Trinajstić information content (AvgIpc) is 3.61. The van der Waals surface area contributed by atoms with Gasteiger partial charge in [0.15, 0.2) is 17.5 Å². The van der Waals surface area contributed by atoms with E-state index in [2.05, 4.69) is 133 Å². The van der Waals surface area contributed by atoms with Gasteiger partial charge in [0.05, 0.1) is 23.0 Å². The van der Waals surface area contributed by atoms with Gasteiger partial charge in [0.2, 0.25) is 0 Å². The second-order valence-corrected chi connectivity index (χ2v) is 16.8. The fourth-order valence-electron chi connectivity index (χ4n) is 8.91. The van der Waals surface area contributed by atoms with Crippen LogP contribution in [0.3, 0.4) is 0 Å². The third kappa shape index (κ3) is 7.43. The number of hydrogen-bond acceptors (Lipinski definition) is 7. The summed E-state index contributed by atoms with van der Waals surface area (Å²) in [5.74, 6) is 1.71. The fraction of sp³-hybridized carbons (Fsp3) is 0.0517. The van der Waals surface area contributed by atoms with Crippen molar-refractivity contribution in [3.63, 3.8) is 0 Å². The standard InChI is InChI=1S/C58H39N7/c1-58(2)51-24-17-37(34-59)27-50(51)49-23-22-42(31-52(49)58)45-28-46(47-32-53(43-15-9-25-60-35-43)62-54(33-47)44-16-10-26-61-36-44)30-48(29-45)57-64-55(40-13-7-4-8-14-40)63-56(65-57)41-20-18-39(19-21-41)38-11-5-3-6-12-38/h3-33,35-36H,1-2H3. The highest BCUT2D eigenvalue weighted by molar-refractivity contribution is 5.87. The molecule has 4 aromatic heterocycles. The predicted octanol–water partition coefficient (Wildman–Crippen LogP) is 13.6. The lowest BCUT2D eigenvalue weighted by Gasteiger charge is -2.22. The predicted molar refractivity (Wildman–Crippen MR) is 259 cm³/mol. The molecule has 0 saturated heterocycles. The Hall–Kier alpha value is -8.73. The van der Waals surface area contributed by atoms with Crippen molar-refractivity contribution in [2.45, 2.75) is 19.3 Å². The molecule has 4 heterocycles. The lowest BCUT2D eigenvalue weighted by molar-refractivity contribution is 0.660. The molecule has 6 aromatic carbocycles. The molecule has 0 N–H and O–H groups in total. The van der Waals surface area contributed by atoms with E-state index in [9.17, 15) is 5.26 Å². The highest BCUT2D eigenvalue weighted by Gasteiger charge is 2.36. The molecule has 10 aromatic rings. The molecule has 0 radical (unpaired) electrons. The van der Waals surface area contributed by atoms with Crippen LogP contribution in [-0.2, 0) is 5.41 Å². The molecule has 7 heteroatoms. The minimum absolute atomic E-state index is 0.277. The fourth-order valence-corrected chi connectivity index (χ4v) is 8.91. The molecule has 0 bridgehead atoms. The van der Waals surface area contributed by atoms with Crippen molar-refractivity contribution < 1.29 is 0 Å². The van der Waals surface area contributed by atoms with E-state index >= 15 is 0 Å². The van der Waals surface area contributed by atoms with E-state index in [0.717, 1.165) is 83.7 Å². The van der Waals surface area contributed by atoms with Gasteiger partial charge in [-0.15, -0.1) is 0 Å². The Morgan fingerprint density at radius 3 is 1.46 bits per heavy atom. The molecule has 0 spiro atoms. The first-order valence-electron chi connectivity index (χ1n) is 21.5. The van der Waals surface area contributed by atoms with E-state index in [1.54, 1.807) is 12.4 Å². The van der Waals surface area contributed by atoms with Crippen LogP contribution < -0.4 is 0 Å². The molecular formula is C58H39N7. The molecule has 65 heavy (non-hydrogen) atoms. The molecule has 0 atom stereocenters. The first-order chi connectivity index (χ1) is 31.9. The van der Waals surface area contributed by atoms with Crippen LogP contribution >= 0.6 is 0 Å². The smallest absolute Gasteiger partial charge is 0.164 e. The summed E-state index contributed by atoms with van der Waals surface area (Å²) in [4.78, 5) is 29.5. The molecule has 0 unspecified atom stereocenters. The summed E-state index contributed by atoms with van der Waals surface area (Å²) < 4.78 is 0. The maximum Gasteiger partial charge on any atom is 0.164 e. The highest BCUT2D eigenvalue weighted by Crippen LogP contribution is 2.50. The third-order valence-electron chi connectivity index (χ3n) is 12.3. The zero-order valence-corrected chi connectivity index (χ0v) is 35.7. The molecular weight excluding hydrogens is 795 g/mol. The van der Waals surface area contributed by atoms with E-state index < -0.39 is 0 Å². The van der Waals surface area contributed by atoms with E-state index in [4.69, 9.17) is 19.9 Å². The SMILES string of the molecule is CC1(C)c2ccc(C#N)cc2-c2ccc(-c3cc(-c4cc(-c5cccnc5)nc(-c5cccnc5)c4)cc(-c4nc(-c5ccccc5)nc(-c5ccc(-c6ccccc6)cc5)n4)c3)cc21. The topological polar surface area (TPSA) is 101 Å². The number of nitrogens with zero attached hydrogens (tertiary/aromatic N) is 7. The summed E-state index contributed by atoms with van der Waals surface area (Å²) >= 11 is 0. The zero-order valence-electron chi connectivity index (χ0n) is 35.7. The maximum absolute atomic E-state index is 9.79. The lowest BCUT2D eigenvalue weighted by atomic mass is 9.81. The Labute approximate surface area is 377 Å². The molecule has 1 aliphatic rings. The largest absolute Gasteiger partial charge is 0.264 e. The van der Waals surface area contributed by atoms with Crippen molar-refractivity contribution >= 4 is 0 Å². The molecule has 0 amide bonds. The molecule has 11 rings (SSSR count). The van der Waals surface area contributed by atoms with E-state index in [1.807, 2.05) is 85.2 Å². The van der Waals surface area contributed by atoms with Gasteiger partial charge in [0.25, 0.3) is 0 Å². The van der Waals surface area contributed by atoms with Gasteiger partial charge in [-0.25, -0.2) is 19.9 Å². The first kappa shape index (κ1) is 39.1. The van der Waals surface area contributed by atoms with Crippen molar-refractivity contribution in [2.75, 3.05) is 0 Å². The minimum Gasteiger partial charge on any atom is -0.264 e. The molecule has 0 aliphatic heterocycles. The summed E-state index contributed by atoms with van der Waals surface area (Å²) in [6.07, 6.45) is 7.23. The Morgan fingerprint density at radius 2 is 0.862 bits per heavy atom.